The van der Waals surface area contributed by atoms with E-state index in [0.29, 0.717) is 11.3 Å². The molecule has 6 heteroatoms. The van der Waals surface area contributed by atoms with Gasteiger partial charge >= 0.3 is 0 Å². The molecule has 1 saturated heterocycles. The standard InChI is InChI=1S/C12H15N5O/c1-16-7-4-10(15-16)11-9(8-13-14-11)12(18)17-5-2-3-6-17/h4,7-8H,2-3,5-6H2,1H3,(H,13,14). The second-order valence-corrected chi connectivity index (χ2v) is 4.53. The molecule has 1 aliphatic heterocycles. The summed E-state index contributed by atoms with van der Waals surface area (Å²) in [4.78, 5) is 14.2. The number of aryl methyl sites for hydroxylation is 1. The number of hydrogen-bond donors (Lipinski definition) is 1. The van der Waals surface area contributed by atoms with Crippen molar-refractivity contribution >= 4 is 5.91 Å². The summed E-state index contributed by atoms with van der Waals surface area (Å²) in [6.45, 7) is 1.68. The number of nitrogens with zero attached hydrogens (tertiary/aromatic N) is 4. The molecule has 0 atom stereocenters. The zero-order valence-electron chi connectivity index (χ0n) is 10.3. The second kappa shape index (κ2) is 4.29. The third-order valence-corrected chi connectivity index (χ3v) is 3.23. The average Bonchev–Trinajstić information content (AvgIpc) is 3.09. The van der Waals surface area contributed by atoms with Gasteiger partial charge in [0.15, 0.2) is 0 Å². The smallest absolute Gasteiger partial charge is 0.257 e. The molecule has 0 aliphatic carbocycles. The summed E-state index contributed by atoms with van der Waals surface area (Å²) >= 11 is 0. The fourth-order valence-corrected chi connectivity index (χ4v) is 2.28. The Morgan fingerprint density at radius 2 is 2.17 bits per heavy atom. The molecule has 6 nitrogen and oxygen atoms in total. The molecule has 1 N–H and O–H groups in total. The maximum absolute atomic E-state index is 12.3. The summed E-state index contributed by atoms with van der Waals surface area (Å²) in [6.07, 6.45) is 5.61. The van der Waals surface area contributed by atoms with Gasteiger partial charge in [0.05, 0.1) is 17.5 Å². The largest absolute Gasteiger partial charge is 0.339 e. The van der Waals surface area contributed by atoms with Gasteiger partial charge in [0.2, 0.25) is 0 Å². The minimum Gasteiger partial charge on any atom is -0.339 e. The van der Waals surface area contributed by atoms with Crippen LogP contribution in [0.2, 0.25) is 0 Å². The van der Waals surface area contributed by atoms with Gasteiger partial charge in [-0.15, -0.1) is 0 Å². The predicted octanol–water partition coefficient (Wildman–Crippen LogP) is 1.05. The molecule has 3 heterocycles. The highest BCUT2D eigenvalue weighted by Crippen LogP contribution is 2.21. The number of carbonyl (C=O) groups is 1. The number of likely N-dealkylation sites (tertiary alicyclic amines) is 1. The molecule has 0 saturated carbocycles. The van der Waals surface area contributed by atoms with Gasteiger partial charge in [-0.05, 0) is 18.9 Å². The van der Waals surface area contributed by atoms with E-state index in [4.69, 9.17) is 0 Å². The summed E-state index contributed by atoms with van der Waals surface area (Å²) in [7, 11) is 1.85. The molecule has 0 spiro atoms. The van der Waals surface area contributed by atoms with Crippen LogP contribution in [0.3, 0.4) is 0 Å². The van der Waals surface area contributed by atoms with Gasteiger partial charge in [-0.3, -0.25) is 14.6 Å². The number of nitrogens with one attached hydrogen (secondary N) is 1. The van der Waals surface area contributed by atoms with Gasteiger partial charge in [0.25, 0.3) is 5.91 Å². The average molecular weight is 245 g/mol. The van der Waals surface area contributed by atoms with E-state index in [9.17, 15) is 4.79 Å². The lowest BCUT2D eigenvalue weighted by Crippen LogP contribution is -2.27. The quantitative estimate of drug-likeness (QED) is 0.859. The van der Waals surface area contributed by atoms with Gasteiger partial charge in [-0.1, -0.05) is 0 Å². The highest BCUT2D eigenvalue weighted by atomic mass is 16.2. The summed E-state index contributed by atoms with van der Waals surface area (Å²) in [6, 6.07) is 1.87. The molecule has 0 unspecified atom stereocenters. The van der Waals surface area contributed by atoms with Crippen molar-refractivity contribution < 1.29 is 4.79 Å². The molecule has 1 fully saturated rings. The topological polar surface area (TPSA) is 66.8 Å². The number of rotatable bonds is 2. The van der Waals surface area contributed by atoms with Crippen molar-refractivity contribution in [1.82, 2.24) is 24.9 Å². The first kappa shape index (κ1) is 11.0. The summed E-state index contributed by atoms with van der Waals surface area (Å²) < 4.78 is 1.71. The molecule has 2 aromatic rings. The van der Waals surface area contributed by atoms with Crippen LogP contribution in [0, 0.1) is 0 Å². The number of amides is 1. The zero-order chi connectivity index (χ0) is 12.5. The van der Waals surface area contributed by atoms with Gasteiger partial charge < -0.3 is 4.90 Å². The van der Waals surface area contributed by atoms with Crippen molar-refractivity contribution in [2.45, 2.75) is 12.8 Å². The van der Waals surface area contributed by atoms with E-state index >= 15 is 0 Å². The van der Waals surface area contributed by atoms with Crippen LogP contribution in [-0.4, -0.2) is 43.9 Å². The van der Waals surface area contributed by atoms with E-state index in [0.717, 1.165) is 31.6 Å². The Labute approximate surface area is 105 Å². The van der Waals surface area contributed by atoms with Gasteiger partial charge in [-0.25, -0.2) is 0 Å². The Kier molecular flexibility index (Phi) is 2.62. The molecule has 0 aromatic carbocycles. The molecule has 94 valence electrons. The Balaban J connectivity index is 1.93. The molecule has 1 aliphatic rings. The lowest BCUT2D eigenvalue weighted by atomic mass is 10.2. The minimum atomic E-state index is 0.0434. The Morgan fingerprint density at radius 1 is 1.39 bits per heavy atom. The van der Waals surface area contributed by atoms with Crippen LogP contribution in [0.1, 0.15) is 23.2 Å². The molecule has 3 rings (SSSR count). The van der Waals surface area contributed by atoms with Crippen molar-refractivity contribution in [3.05, 3.63) is 24.0 Å². The fourth-order valence-electron chi connectivity index (χ4n) is 2.28. The van der Waals surface area contributed by atoms with Crippen LogP contribution in [-0.2, 0) is 7.05 Å². The summed E-state index contributed by atoms with van der Waals surface area (Å²) in [5.74, 6) is 0.0434. The lowest BCUT2D eigenvalue weighted by molar-refractivity contribution is 0.0793. The van der Waals surface area contributed by atoms with E-state index in [1.807, 2.05) is 24.2 Å². The van der Waals surface area contributed by atoms with Crippen molar-refractivity contribution in [2.24, 2.45) is 7.05 Å². The van der Waals surface area contributed by atoms with Gasteiger partial charge in [0, 0.05) is 26.3 Å². The highest BCUT2D eigenvalue weighted by molar-refractivity contribution is 5.99. The Hall–Kier alpha value is -2.11. The van der Waals surface area contributed by atoms with Crippen LogP contribution >= 0.6 is 0 Å². The third-order valence-electron chi connectivity index (χ3n) is 3.23. The van der Waals surface area contributed by atoms with E-state index in [1.54, 1.807) is 10.9 Å². The first-order valence-electron chi connectivity index (χ1n) is 6.08. The number of aromatic amines is 1. The predicted molar refractivity (Wildman–Crippen MR) is 65.9 cm³/mol. The van der Waals surface area contributed by atoms with Crippen molar-refractivity contribution in [2.75, 3.05) is 13.1 Å². The zero-order valence-corrected chi connectivity index (χ0v) is 10.3. The van der Waals surface area contributed by atoms with Crippen molar-refractivity contribution in [1.29, 1.82) is 0 Å². The first-order chi connectivity index (χ1) is 8.75. The Morgan fingerprint density at radius 3 is 2.83 bits per heavy atom. The summed E-state index contributed by atoms with van der Waals surface area (Å²) in [5.41, 5.74) is 2.06. The molecular formula is C12H15N5O. The van der Waals surface area contributed by atoms with Crippen molar-refractivity contribution in [3.63, 3.8) is 0 Å². The highest BCUT2D eigenvalue weighted by Gasteiger charge is 2.24. The van der Waals surface area contributed by atoms with E-state index in [-0.39, 0.29) is 5.91 Å². The molecule has 1 amide bonds. The first-order valence-corrected chi connectivity index (χ1v) is 6.08. The number of H-pyrrole nitrogens is 1. The second-order valence-electron chi connectivity index (χ2n) is 4.53. The molecule has 2 aromatic heterocycles. The SMILES string of the molecule is Cn1ccc(-c2[nH]ncc2C(=O)N2CCCC2)n1. The Bertz CT molecular complexity index is 565. The molecule has 18 heavy (non-hydrogen) atoms. The molecular weight excluding hydrogens is 230 g/mol. The van der Waals surface area contributed by atoms with E-state index in [2.05, 4.69) is 15.3 Å². The van der Waals surface area contributed by atoms with Crippen LogP contribution in [0.25, 0.3) is 11.4 Å². The number of aromatic nitrogens is 4. The van der Waals surface area contributed by atoms with Gasteiger partial charge in [-0.2, -0.15) is 10.2 Å². The van der Waals surface area contributed by atoms with E-state index in [1.165, 1.54) is 0 Å². The maximum Gasteiger partial charge on any atom is 0.257 e. The summed E-state index contributed by atoms with van der Waals surface area (Å²) in [5, 5.41) is 11.1. The molecule has 0 bridgehead atoms. The third kappa shape index (κ3) is 1.79. The maximum atomic E-state index is 12.3. The molecule has 0 radical (unpaired) electrons. The minimum absolute atomic E-state index is 0.0434. The van der Waals surface area contributed by atoms with Crippen LogP contribution in [0.4, 0.5) is 0 Å². The fraction of sp³-hybridized carbons (Fsp3) is 0.417. The number of hydrogen-bond acceptors (Lipinski definition) is 3. The van der Waals surface area contributed by atoms with Crippen LogP contribution < -0.4 is 0 Å². The van der Waals surface area contributed by atoms with E-state index < -0.39 is 0 Å². The van der Waals surface area contributed by atoms with Crippen LogP contribution in [0.15, 0.2) is 18.5 Å². The van der Waals surface area contributed by atoms with Gasteiger partial charge in [0.1, 0.15) is 5.69 Å². The van der Waals surface area contributed by atoms with Crippen LogP contribution in [0.5, 0.6) is 0 Å². The normalized spacial score (nSPS) is 15.3. The number of carbonyl (C=O) groups excluding carboxylic acids is 1. The van der Waals surface area contributed by atoms with Crippen molar-refractivity contribution in [3.8, 4) is 11.4 Å². The lowest BCUT2D eigenvalue weighted by Gasteiger charge is -2.14. The monoisotopic (exact) mass is 245 g/mol.